The minimum Gasteiger partial charge on any atom is -0.394 e. The molecule has 0 aromatic rings. The van der Waals surface area contributed by atoms with Crippen molar-refractivity contribution in [1.29, 1.82) is 0 Å². The van der Waals surface area contributed by atoms with Crippen molar-refractivity contribution in [3.05, 3.63) is 0 Å². The van der Waals surface area contributed by atoms with Gasteiger partial charge in [-0.05, 0) is 32.4 Å². The molecule has 2 N–H and O–H groups in total. The van der Waals surface area contributed by atoms with Crippen LogP contribution in [0.1, 0.15) is 65.7 Å². The predicted molar refractivity (Wildman–Crippen MR) is 77.8 cm³/mol. The SMILES string of the molecule is CCCCN(CCCC)C(CO)(CO)CCCC. The smallest absolute Gasteiger partial charge is 0.0673 e. The highest BCUT2D eigenvalue weighted by atomic mass is 16.3. The number of rotatable bonds is 12. The number of aliphatic hydroxyl groups is 2. The van der Waals surface area contributed by atoms with Crippen LogP contribution in [-0.4, -0.2) is 47.0 Å². The van der Waals surface area contributed by atoms with Gasteiger partial charge >= 0.3 is 0 Å². The van der Waals surface area contributed by atoms with Gasteiger partial charge in [0.15, 0.2) is 0 Å². The van der Waals surface area contributed by atoms with Gasteiger partial charge in [-0.2, -0.15) is 0 Å². The minimum atomic E-state index is -0.402. The van der Waals surface area contributed by atoms with Crippen molar-refractivity contribution in [3.8, 4) is 0 Å². The van der Waals surface area contributed by atoms with Crippen LogP contribution in [0.3, 0.4) is 0 Å². The average Bonchev–Trinajstić information content (AvgIpc) is 2.42. The van der Waals surface area contributed by atoms with E-state index in [-0.39, 0.29) is 13.2 Å². The molecule has 0 spiro atoms. The van der Waals surface area contributed by atoms with Crippen molar-refractivity contribution in [2.75, 3.05) is 26.3 Å². The Morgan fingerprint density at radius 3 is 1.56 bits per heavy atom. The van der Waals surface area contributed by atoms with E-state index in [2.05, 4.69) is 25.7 Å². The second kappa shape index (κ2) is 10.8. The zero-order valence-corrected chi connectivity index (χ0v) is 12.6. The molecule has 0 unspecified atom stereocenters. The summed E-state index contributed by atoms with van der Waals surface area (Å²) in [6, 6.07) is 0. The zero-order valence-electron chi connectivity index (χ0n) is 12.6. The van der Waals surface area contributed by atoms with Crippen molar-refractivity contribution >= 4 is 0 Å². The van der Waals surface area contributed by atoms with Gasteiger partial charge in [0.1, 0.15) is 0 Å². The molecule has 0 aliphatic heterocycles. The van der Waals surface area contributed by atoms with E-state index >= 15 is 0 Å². The molecular formula is C15H33NO2. The van der Waals surface area contributed by atoms with Gasteiger partial charge in [0.25, 0.3) is 0 Å². The second-order valence-corrected chi connectivity index (χ2v) is 5.34. The summed E-state index contributed by atoms with van der Waals surface area (Å²) in [5.41, 5.74) is -0.402. The quantitative estimate of drug-likeness (QED) is 0.566. The molecule has 0 fully saturated rings. The topological polar surface area (TPSA) is 43.7 Å². The first-order valence-corrected chi connectivity index (χ1v) is 7.67. The third kappa shape index (κ3) is 5.68. The van der Waals surface area contributed by atoms with Crippen LogP contribution in [0.4, 0.5) is 0 Å². The molecular weight excluding hydrogens is 226 g/mol. The van der Waals surface area contributed by atoms with Crippen molar-refractivity contribution in [3.63, 3.8) is 0 Å². The van der Waals surface area contributed by atoms with Crippen molar-refractivity contribution in [2.24, 2.45) is 0 Å². The van der Waals surface area contributed by atoms with Crippen LogP contribution in [0.15, 0.2) is 0 Å². The van der Waals surface area contributed by atoms with Crippen LogP contribution in [0.25, 0.3) is 0 Å². The molecule has 0 heterocycles. The van der Waals surface area contributed by atoms with E-state index < -0.39 is 5.54 Å². The van der Waals surface area contributed by atoms with E-state index in [0.29, 0.717) is 0 Å². The summed E-state index contributed by atoms with van der Waals surface area (Å²) >= 11 is 0. The highest BCUT2D eigenvalue weighted by Gasteiger charge is 2.34. The monoisotopic (exact) mass is 259 g/mol. The lowest BCUT2D eigenvalue weighted by Crippen LogP contribution is -2.55. The third-order valence-corrected chi connectivity index (χ3v) is 3.82. The molecule has 0 rings (SSSR count). The molecule has 0 aromatic carbocycles. The fraction of sp³-hybridized carbons (Fsp3) is 1.00. The molecule has 0 bridgehead atoms. The van der Waals surface area contributed by atoms with Crippen LogP contribution < -0.4 is 0 Å². The van der Waals surface area contributed by atoms with Gasteiger partial charge in [-0.3, -0.25) is 4.90 Å². The predicted octanol–water partition coefficient (Wildman–Crippen LogP) is 2.80. The molecule has 3 nitrogen and oxygen atoms in total. The van der Waals surface area contributed by atoms with Crippen LogP contribution >= 0.6 is 0 Å². The molecule has 0 aliphatic rings. The fourth-order valence-corrected chi connectivity index (χ4v) is 2.36. The summed E-state index contributed by atoms with van der Waals surface area (Å²) < 4.78 is 0. The maximum atomic E-state index is 9.77. The van der Waals surface area contributed by atoms with E-state index in [9.17, 15) is 10.2 Å². The molecule has 0 aromatic heterocycles. The largest absolute Gasteiger partial charge is 0.394 e. The van der Waals surface area contributed by atoms with E-state index in [4.69, 9.17) is 0 Å². The minimum absolute atomic E-state index is 0.0664. The Morgan fingerprint density at radius 1 is 0.778 bits per heavy atom. The third-order valence-electron chi connectivity index (χ3n) is 3.82. The zero-order chi connectivity index (χ0) is 13.9. The Labute approximate surface area is 113 Å². The number of aliphatic hydroxyl groups excluding tert-OH is 2. The fourth-order valence-electron chi connectivity index (χ4n) is 2.36. The molecule has 0 saturated heterocycles. The molecule has 110 valence electrons. The summed E-state index contributed by atoms with van der Waals surface area (Å²) in [7, 11) is 0. The van der Waals surface area contributed by atoms with Crippen LogP contribution in [0.2, 0.25) is 0 Å². The number of unbranched alkanes of at least 4 members (excludes halogenated alkanes) is 3. The van der Waals surface area contributed by atoms with E-state index in [0.717, 1.165) is 58.0 Å². The van der Waals surface area contributed by atoms with Gasteiger partial charge in [-0.1, -0.05) is 46.5 Å². The molecule has 0 radical (unpaired) electrons. The van der Waals surface area contributed by atoms with E-state index in [1.54, 1.807) is 0 Å². The Balaban J connectivity index is 4.68. The maximum Gasteiger partial charge on any atom is 0.0673 e. The maximum absolute atomic E-state index is 9.77. The molecule has 0 saturated carbocycles. The number of hydrogen-bond donors (Lipinski definition) is 2. The average molecular weight is 259 g/mol. The van der Waals surface area contributed by atoms with Gasteiger partial charge in [-0.15, -0.1) is 0 Å². The van der Waals surface area contributed by atoms with E-state index in [1.165, 1.54) is 0 Å². The normalized spacial score (nSPS) is 12.3. The second-order valence-electron chi connectivity index (χ2n) is 5.34. The van der Waals surface area contributed by atoms with Crippen LogP contribution in [-0.2, 0) is 0 Å². The highest BCUT2D eigenvalue weighted by molar-refractivity contribution is 4.89. The Bertz CT molecular complexity index is 173. The molecule has 3 heteroatoms. The summed E-state index contributed by atoms with van der Waals surface area (Å²) in [5, 5.41) is 19.5. The summed E-state index contributed by atoms with van der Waals surface area (Å²) in [5.74, 6) is 0. The molecule has 0 atom stereocenters. The van der Waals surface area contributed by atoms with Crippen LogP contribution in [0, 0.1) is 0 Å². The molecule has 18 heavy (non-hydrogen) atoms. The van der Waals surface area contributed by atoms with Crippen molar-refractivity contribution in [1.82, 2.24) is 4.90 Å². The van der Waals surface area contributed by atoms with Crippen molar-refractivity contribution < 1.29 is 10.2 Å². The first-order valence-electron chi connectivity index (χ1n) is 7.67. The van der Waals surface area contributed by atoms with Gasteiger partial charge in [0.2, 0.25) is 0 Å². The standard InChI is InChI=1S/C15H33NO2/c1-4-7-10-15(13-17,14-18)16(11-8-5-2)12-9-6-3/h17-18H,4-14H2,1-3H3. The summed E-state index contributed by atoms with van der Waals surface area (Å²) in [6.45, 7) is 8.63. The first-order chi connectivity index (χ1) is 8.70. The van der Waals surface area contributed by atoms with Gasteiger partial charge in [0, 0.05) is 0 Å². The van der Waals surface area contributed by atoms with E-state index in [1.807, 2.05) is 0 Å². The molecule has 0 aliphatic carbocycles. The van der Waals surface area contributed by atoms with Gasteiger partial charge < -0.3 is 10.2 Å². The lowest BCUT2D eigenvalue weighted by molar-refractivity contribution is -0.0222. The first kappa shape index (κ1) is 17.9. The Hall–Kier alpha value is -0.120. The Kier molecular flexibility index (Phi) is 10.7. The van der Waals surface area contributed by atoms with Crippen molar-refractivity contribution in [2.45, 2.75) is 71.3 Å². The number of nitrogens with zero attached hydrogens (tertiary/aromatic N) is 1. The van der Waals surface area contributed by atoms with Gasteiger partial charge in [0.05, 0.1) is 18.8 Å². The lowest BCUT2D eigenvalue weighted by Gasteiger charge is -2.42. The highest BCUT2D eigenvalue weighted by Crippen LogP contribution is 2.23. The van der Waals surface area contributed by atoms with Gasteiger partial charge in [-0.25, -0.2) is 0 Å². The molecule has 0 amide bonds. The number of hydrogen-bond acceptors (Lipinski definition) is 3. The van der Waals surface area contributed by atoms with Crippen LogP contribution in [0.5, 0.6) is 0 Å². The Morgan fingerprint density at radius 2 is 1.22 bits per heavy atom. The summed E-state index contributed by atoms with van der Waals surface area (Å²) in [4.78, 5) is 2.33. The lowest BCUT2D eigenvalue weighted by atomic mass is 9.91. The summed E-state index contributed by atoms with van der Waals surface area (Å²) in [6.07, 6.45) is 7.65.